The quantitative estimate of drug-likeness (QED) is 0.578. The predicted molar refractivity (Wildman–Crippen MR) is 80.7 cm³/mol. The van der Waals surface area contributed by atoms with Crippen molar-refractivity contribution in [3.05, 3.63) is 36.5 Å². The number of aromatic nitrogens is 2. The van der Waals surface area contributed by atoms with Crippen molar-refractivity contribution < 1.29 is 14.8 Å². The summed E-state index contributed by atoms with van der Waals surface area (Å²) in [7, 11) is 0. The molecule has 0 fully saturated rings. The molecule has 0 aliphatic rings. The van der Waals surface area contributed by atoms with Gasteiger partial charge in [-0.3, -0.25) is 14.9 Å². The molecule has 10 heteroatoms. The van der Waals surface area contributed by atoms with Crippen molar-refractivity contribution in [1.82, 2.24) is 9.97 Å². The number of hydrogen-bond donors (Lipinski definition) is 2. The maximum Gasteiger partial charge on any atom is 0.312 e. The van der Waals surface area contributed by atoms with Crippen LogP contribution in [0.5, 0.6) is 0 Å². The molecule has 1 amide bonds. The topological polar surface area (TPSA) is 132 Å². The zero-order valence-electron chi connectivity index (χ0n) is 10.5. The second kappa shape index (κ2) is 5.62. The number of aliphatic hydroxyl groups is 1. The number of halogens is 2. The lowest BCUT2D eigenvalue weighted by Gasteiger charge is -2.10. The maximum atomic E-state index is 11.4. The molecule has 0 aliphatic carbocycles. The van der Waals surface area contributed by atoms with Crippen LogP contribution in [0.4, 0.5) is 5.69 Å². The van der Waals surface area contributed by atoms with Gasteiger partial charge in [0.2, 0.25) is 0 Å². The van der Waals surface area contributed by atoms with E-state index in [9.17, 15) is 20.0 Å². The third kappa shape index (κ3) is 2.74. The Bertz CT molecular complexity index is 779. The lowest BCUT2D eigenvalue weighted by Crippen LogP contribution is -2.19. The number of nitro benzene ring substituents is 1. The Morgan fingerprint density at radius 3 is 2.57 bits per heavy atom. The van der Waals surface area contributed by atoms with E-state index in [0.29, 0.717) is 4.47 Å². The summed E-state index contributed by atoms with van der Waals surface area (Å²) in [5.74, 6) is -0.873. The first-order chi connectivity index (χ1) is 9.73. The Kier molecular flexibility index (Phi) is 4.21. The number of nitrogens with zero attached hydrogens (tertiary/aromatic N) is 3. The number of hydrogen-bond acceptors (Lipinski definition) is 6. The van der Waals surface area contributed by atoms with Crippen LogP contribution in [0.25, 0.3) is 11.0 Å². The second-order valence-corrected chi connectivity index (χ2v) is 5.79. The van der Waals surface area contributed by atoms with Gasteiger partial charge in [0.1, 0.15) is 10.2 Å². The van der Waals surface area contributed by atoms with Crippen molar-refractivity contribution >= 4 is 54.5 Å². The zero-order chi connectivity index (χ0) is 15.9. The number of primary amides is 1. The minimum Gasteiger partial charge on any atom is -0.387 e. The summed E-state index contributed by atoms with van der Waals surface area (Å²) in [5.41, 5.74) is 4.64. The Balaban J connectivity index is 2.98. The van der Waals surface area contributed by atoms with Crippen LogP contribution in [0.15, 0.2) is 15.0 Å². The fourth-order valence-corrected chi connectivity index (χ4v) is 2.63. The largest absolute Gasteiger partial charge is 0.387 e. The number of carbonyl (C=O) groups is 1. The van der Waals surface area contributed by atoms with Gasteiger partial charge >= 0.3 is 5.69 Å². The summed E-state index contributed by atoms with van der Waals surface area (Å²) in [6, 6.07) is 1.47. The highest BCUT2D eigenvalue weighted by molar-refractivity contribution is 9.13. The fourth-order valence-electron chi connectivity index (χ4n) is 1.78. The van der Waals surface area contributed by atoms with E-state index in [1.165, 1.54) is 13.0 Å². The summed E-state index contributed by atoms with van der Waals surface area (Å²) in [6.07, 6.45) is -1.15. The van der Waals surface area contributed by atoms with Crippen molar-refractivity contribution in [3.8, 4) is 0 Å². The molecule has 1 aromatic heterocycles. The zero-order valence-corrected chi connectivity index (χ0v) is 13.7. The highest BCUT2D eigenvalue weighted by atomic mass is 79.9. The number of carbonyl (C=O) groups excluding carboxylic acids is 1. The molecule has 2 aromatic rings. The molecular weight excluding hydrogens is 412 g/mol. The van der Waals surface area contributed by atoms with E-state index in [4.69, 9.17) is 5.73 Å². The van der Waals surface area contributed by atoms with Crippen LogP contribution in [0, 0.1) is 10.1 Å². The van der Waals surface area contributed by atoms with Gasteiger partial charge in [-0.05, 0) is 44.8 Å². The molecule has 0 aliphatic heterocycles. The molecule has 1 aromatic carbocycles. The van der Waals surface area contributed by atoms with Crippen LogP contribution in [0.2, 0.25) is 0 Å². The van der Waals surface area contributed by atoms with Crippen LogP contribution < -0.4 is 5.73 Å². The molecule has 3 N–H and O–H groups in total. The summed E-state index contributed by atoms with van der Waals surface area (Å²) >= 11 is 6.26. The molecular formula is C11H8Br2N4O4. The Morgan fingerprint density at radius 1 is 1.48 bits per heavy atom. The molecule has 1 heterocycles. The predicted octanol–water partition coefficient (Wildman–Crippen LogP) is 2.22. The van der Waals surface area contributed by atoms with E-state index >= 15 is 0 Å². The van der Waals surface area contributed by atoms with Crippen molar-refractivity contribution in [1.29, 1.82) is 0 Å². The molecule has 21 heavy (non-hydrogen) atoms. The van der Waals surface area contributed by atoms with E-state index < -0.39 is 16.9 Å². The number of nitrogens with two attached hydrogens (primary N) is 1. The first-order valence-electron chi connectivity index (χ1n) is 5.56. The molecule has 0 spiro atoms. The Morgan fingerprint density at radius 2 is 2.10 bits per heavy atom. The molecule has 0 radical (unpaired) electrons. The fraction of sp³-hybridized carbons (Fsp3) is 0.182. The monoisotopic (exact) mass is 418 g/mol. The molecule has 2 rings (SSSR count). The van der Waals surface area contributed by atoms with E-state index in [1.54, 1.807) is 0 Å². The van der Waals surface area contributed by atoms with Gasteiger partial charge in [-0.15, -0.1) is 0 Å². The summed E-state index contributed by atoms with van der Waals surface area (Å²) in [5, 5.41) is 20.9. The van der Waals surface area contributed by atoms with Crippen LogP contribution in [-0.2, 0) is 0 Å². The van der Waals surface area contributed by atoms with Gasteiger partial charge < -0.3 is 10.8 Å². The molecule has 0 saturated carbocycles. The van der Waals surface area contributed by atoms with Crippen molar-refractivity contribution in [3.63, 3.8) is 0 Å². The first kappa shape index (κ1) is 15.7. The molecule has 0 saturated heterocycles. The van der Waals surface area contributed by atoms with Crippen LogP contribution in [0.1, 0.15) is 29.2 Å². The van der Waals surface area contributed by atoms with Crippen LogP contribution >= 0.6 is 31.9 Å². The molecule has 110 valence electrons. The van der Waals surface area contributed by atoms with Crippen molar-refractivity contribution in [2.24, 2.45) is 5.73 Å². The Labute approximate surface area is 134 Å². The van der Waals surface area contributed by atoms with Gasteiger partial charge in [-0.25, -0.2) is 9.97 Å². The SMILES string of the molecule is CC(O)c1nc2c([N+](=O)[O-])c(Br)c(Br)cc2nc1C(N)=O. The van der Waals surface area contributed by atoms with Gasteiger partial charge in [0.25, 0.3) is 5.91 Å². The summed E-state index contributed by atoms with van der Waals surface area (Å²) < 4.78 is 0.578. The molecule has 1 atom stereocenters. The third-order valence-electron chi connectivity index (χ3n) is 2.67. The number of benzene rings is 1. The summed E-state index contributed by atoms with van der Waals surface area (Å²) in [6.45, 7) is 1.36. The number of aliphatic hydroxyl groups excluding tert-OH is 1. The first-order valence-corrected chi connectivity index (χ1v) is 7.14. The van der Waals surface area contributed by atoms with Gasteiger partial charge in [-0.2, -0.15) is 0 Å². The van der Waals surface area contributed by atoms with Crippen molar-refractivity contribution in [2.45, 2.75) is 13.0 Å². The minimum atomic E-state index is -1.15. The number of rotatable bonds is 3. The van der Waals surface area contributed by atoms with Gasteiger partial charge in [-0.1, -0.05) is 0 Å². The van der Waals surface area contributed by atoms with E-state index in [2.05, 4.69) is 41.8 Å². The third-order valence-corrected chi connectivity index (χ3v) is 4.63. The normalized spacial score (nSPS) is 12.4. The van der Waals surface area contributed by atoms with Crippen molar-refractivity contribution in [2.75, 3.05) is 0 Å². The summed E-state index contributed by atoms with van der Waals surface area (Å²) in [4.78, 5) is 30.0. The second-order valence-electron chi connectivity index (χ2n) is 4.14. The van der Waals surface area contributed by atoms with E-state index in [1.807, 2.05) is 0 Å². The molecule has 8 nitrogen and oxygen atoms in total. The van der Waals surface area contributed by atoms with Crippen LogP contribution in [-0.4, -0.2) is 25.9 Å². The number of fused-ring (bicyclic) bond motifs is 1. The van der Waals surface area contributed by atoms with E-state index in [-0.39, 0.29) is 32.6 Å². The highest BCUT2D eigenvalue weighted by Crippen LogP contribution is 2.38. The molecule has 0 bridgehead atoms. The Hall–Kier alpha value is -1.65. The average Bonchev–Trinajstić information content (AvgIpc) is 2.38. The highest BCUT2D eigenvalue weighted by Gasteiger charge is 2.26. The lowest BCUT2D eigenvalue weighted by molar-refractivity contribution is -0.384. The van der Waals surface area contributed by atoms with Crippen LogP contribution in [0.3, 0.4) is 0 Å². The van der Waals surface area contributed by atoms with E-state index in [0.717, 1.165) is 0 Å². The maximum absolute atomic E-state index is 11.4. The number of amides is 1. The standard InChI is InChI=1S/C11H8Br2N4O4/c1-3(18)7-9(11(14)19)15-5-2-4(12)6(13)10(17(20)21)8(5)16-7/h2-3,18H,1H3,(H2,14,19). The molecule has 1 unspecified atom stereocenters. The van der Waals surface area contributed by atoms with Gasteiger partial charge in [0.05, 0.1) is 16.5 Å². The van der Waals surface area contributed by atoms with Gasteiger partial charge in [0.15, 0.2) is 11.2 Å². The lowest BCUT2D eigenvalue weighted by atomic mass is 10.1. The minimum absolute atomic E-state index is 0.0454. The number of nitro groups is 1. The van der Waals surface area contributed by atoms with Gasteiger partial charge in [0, 0.05) is 4.47 Å². The average molecular weight is 420 g/mol. The smallest absolute Gasteiger partial charge is 0.312 e.